The summed E-state index contributed by atoms with van der Waals surface area (Å²) >= 11 is 12.4. The number of rotatable bonds is 6. The average Bonchev–Trinajstić information content (AvgIpc) is 3.26. The van der Waals surface area contributed by atoms with Crippen LogP contribution in [0.5, 0.6) is 0 Å². The topological polar surface area (TPSA) is 126 Å². The first-order valence-corrected chi connectivity index (χ1v) is 9.56. The zero-order valence-corrected chi connectivity index (χ0v) is 17.1. The van der Waals surface area contributed by atoms with Crippen molar-refractivity contribution in [2.75, 3.05) is 24.1 Å². The summed E-state index contributed by atoms with van der Waals surface area (Å²) < 4.78 is 1.73. The second-order valence-electron chi connectivity index (χ2n) is 6.67. The monoisotopic (exact) mass is 438 g/mol. The third-order valence-corrected chi connectivity index (χ3v) is 5.18. The molecule has 1 atom stereocenters. The number of anilines is 2. The molecule has 0 spiro atoms. The van der Waals surface area contributed by atoms with Crippen LogP contribution in [0.3, 0.4) is 0 Å². The number of hydrogen-bond donors (Lipinski definition) is 3. The fourth-order valence-electron chi connectivity index (χ4n) is 3.02. The molecular weight excluding hydrogens is 419 g/mol. The van der Waals surface area contributed by atoms with Crippen molar-refractivity contribution in [2.45, 2.75) is 12.8 Å². The summed E-state index contributed by atoms with van der Waals surface area (Å²) in [5.74, 6) is -2.02. The zero-order chi connectivity index (χ0) is 21.1. The van der Waals surface area contributed by atoms with Gasteiger partial charge in [0.1, 0.15) is 0 Å². The number of carboxylic acid groups (broad SMARTS) is 1. The van der Waals surface area contributed by atoms with Gasteiger partial charge in [-0.25, -0.2) is 4.98 Å². The van der Waals surface area contributed by atoms with Crippen molar-refractivity contribution in [1.82, 2.24) is 14.5 Å². The predicted molar refractivity (Wildman–Crippen MR) is 111 cm³/mol. The van der Waals surface area contributed by atoms with E-state index in [4.69, 9.17) is 28.9 Å². The number of nitrogens with zero attached hydrogens (tertiary/aromatic N) is 4. The number of guanidine groups is 1. The molecular formula is C18H20Cl2N6O3. The Balaban J connectivity index is 1.72. The number of imidazole rings is 1. The van der Waals surface area contributed by atoms with Gasteiger partial charge in [-0.1, -0.05) is 23.2 Å². The normalized spacial score (nSPS) is 14.6. The molecule has 2 aromatic rings. The van der Waals surface area contributed by atoms with Crippen LogP contribution in [0.15, 0.2) is 29.6 Å². The molecule has 1 amide bonds. The minimum Gasteiger partial charge on any atom is -0.481 e. The quantitative estimate of drug-likeness (QED) is 0.593. The van der Waals surface area contributed by atoms with Crippen LogP contribution in [0.4, 0.5) is 11.4 Å². The molecule has 0 saturated heterocycles. The summed E-state index contributed by atoms with van der Waals surface area (Å²) in [6.45, 7) is 0.723. The van der Waals surface area contributed by atoms with E-state index < -0.39 is 11.9 Å². The molecule has 3 rings (SSSR count). The molecule has 0 radical (unpaired) electrons. The van der Waals surface area contributed by atoms with Crippen molar-refractivity contribution in [3.05, 3.63) is 40.4 Å². The number of hydrogen-bond acceptors (Lipinski definition) is 6. The maximum Gasteiger partial charge on any atom is 0.307 e. The number of nitrogens with two attached hydrogens (primary N) is 1. The number of aliphatic imine (C=N–C) groups is 1. The Morgan fingerprint density at radius 3 is 2.62 bits per heavy atom. The van der Waals surface area contributed by atoms with Gasteiger partial charge in [0, 0.05) is 44.0 Å². The van der Waals surface area contributed by atoms with E-state index in [-0.39, 0.29) is 34.8 Å². The molecule has 154 valence electrons. The summed E-state index contributed by atoms with van der Waals surface area (Å²) in [6, 6.07) is 3.07. The minimum atomic E-state index is -1.05. The maximum absolute atomic E-state index is 12.8. The van der Waals surface area contributed by atoms with E-state index in [1.165, 1.54) is 17.0 Å². The molecule has 1 aromatic heterocycles. The first kappa shape index (κ1) is 20.9. The van der Waals surface area contributed by atoms with Crippen molar-refractivity contribution in [1.29, 1.82) is 0 Å². The summed E-state index contributed by atoms with van der Waals surface area (Å²) in [5, 5.41) is 13.1. The van der Waals surface area contributed by atoms with E-state index in [1.807, 2.05) is 0 Å². The lowest BCUT2D eigenvalue weighted by molar-refractivity contribution is -0.145. The lowest BCUT2D eigenvalue weighted by Gasteiger charge is -2.22. The number of carbonyl (C=O) groups is 2. The Labute approximate surface area is 177 Å². The lowest BCUT2D eigenvalue weighted by Crippen LogP contribution is -2.40. The molecule has 11 heteroatoms. The minimum absolute atomic E-state index is 0.176. The van der Waals surface area contributed by atoms with Gasteiger partial charge in [-0.2, -0.15) is 0 Å². The molecule has 1 aliphatic heterocycles. The Morgan fingerprint density at radius 2 is 2.03 bits per heavy atom. The van der Waals surface area contributed by atoms with E-state index in [0.717, 1.165) is 5.69 Å². The maximum atomic E-state index is 12.8. The van der Waals surface area contributed by atoms with Crippen LogP contribution in [0.25, 0.3) is 0 Å². The molecule has 1 aromatic carbocycles. The Bertz CT molecular complexity index is 951. The molecule has 4 N–H and O–H groups in total. The molecule has 2 heterocycles. The van der Waals surface area contributed by atoms with Gasteiger partial charge >= 0.3 is 5.97 Å². The number of carbonyl (C=O) groups excluding carboxylic acids is 1. The molecule has 0 fully saturated rings. The number of benzene rings is 1. The van der Waals surface area contributed by atoms with Gasteiger partial charge in [0.15, 0.2) is 0 Å². The highest BCUT2D eigenvalue weighted by Crippen LogP contribution is 2.33. The number of amides is 1. The van der Waals surface area contributed by atoms with Gasteiger partial charge in [0.25, 0.3) is 0 Å². The van der Waals surface area contributed by atoms with Crippen molar-refractivity contribution in [2.24, 2.45) is 18.0 Å². The van der Waals surface area contributed by atoms with E-state index in [0.29, 0.717) is 24.5 Å². The molecule has 9 nitrogen and oxygen atoms in total. The Hall–Kier alpha value is -2.78. The summed E-state index contributed by atoms with van der Waals surface area (Å²) in [4.78, 5) is 34.2. The molecule has 0 unspecified atom stereocenters. The van der Waals surface area contributed by atoms with Gasteiger partial charge in [0.05, 0.1) is 34.5 Å². The first-order chi connectivity index (χ1) is 13.8. The van der Waals surface area contributed by atoms with Crippen molar-refractivity contribution in [3.63, 3.8) is 0 Å². The predicted octanol–water partition coefficient (Wildman–Crippen LogP) is 2.25. The fourth-order valence-corrected chi connectivity index (χ4v) is 3.62. The molecule has 29 heavy (non-hydrogen) atoms. The average molecular weight is 439 g/mol. The second kappa shape index (κ2) is 8.71. The number of halogens is 2. The Morgan fingerprint density at radius 1 is 1.34 bits per heavy atom. The van der Waals surface area contributed by atoms with Crippen LogP contribution in [-0.4, -0.2) is 50.5 Å². The summed E-state index contributed by atoms with van der Waals surface area (Å²) in [6.07, 6.45) is 3.20. The van der Waals surface area contributed by atoms with E-state index >= 15 is 0 Å². The van der Waals surface area contributed by atoms with Gasteiger partial charge < -0.3 is 20.7 Å². The van der Waals surface area contributed by atoms with Crippen molar-refractivity contribution < 1.29 is 14.7 Å². The van der Waals surface area contributed by atoms with Crippen molar-refractivity contribution in [3.8, 4) is 0 Å². The zero-order valence-electron chi connectivity index (χ0n) is 15.6. The standard InChI is InChI=1S/C18H20Cl2N6O3/c1-25-9-22-8-12(25)4-10(17(28)29)5-15(27)26-3-2-23-18(26)24-16-13(19)6-11(21)7-14(16)20/h6-10H,2-5,21H2,1H3,(H,23,24)(H,28,29)/t10-/m0/s1. The number of aromatic nitrogens is 2. The smallest absolute Gasteiger partial charge is 0.307 e. The van der Waals surface area contributed by atoms with E-state index in [2.05, 4.69) is 15.3 Å². The molecule has 0 bridgehead atoms. The van der Waals surface area contributed by atoms with Gasteiger partial charge in [-0.15, -0.1) is 0 Å². The Kier molecular flexibility index (Phi) is 6.29. The SMILES string of the molecule is Cn1cncc1C[C@@H](CC(=O)N1CCN=C1Nc1c(Cl)cc(N)cc1Cl)C(=O)O. The van der Waals surface area contributed by atoms with Gasteiger partial charge in [-0.05, 0) is 12.1 Å². The van der Waals surface area contributed by atoms with Crippen LogP contribution in [0.1, 0.15) is 12.1 Å². The summed E-state index contributed by atoms with van der Waals surface area (Å²) in [5.41, 5.74) is 7.23. The van der Waals surface area contributed by atoms with Crippen LogP contribution < -0.4 is 11.1 Å². The third-order valence-electron chi connectivity index (χ3n) is 4.59. The molecule has 0 saturated carbocycles. The summed E-state index contributed by atoms with van der Waals surface area (Å²) in [7, 11) is 1.78. The fraction of sp³-hybridized carbons (Fsp3) is 0.333. The lowest BCUT2D eigenvalue weighted by atomic mass is 9.99. The first-order valence-electron chi connectivity index (χ1n) is 8.80. The third kappa shape index (κ3) is 4.80. The number of nitrogen functional groups attached to an aromatic ring is 1. The molecule has 0 aliphatic carbocycles. The van der Waals surface area contributed by atoms with Crippen LogP contribution >= 0.6 is 23.2 Å². The highest BCUT2D eigenvalue weighted by molar-refractivity contribution is 6.40. The van der Waals surface area contributed by atoms with Crippen LogP contribution in [0.2, 0.25) is 10.0 Å². The number of aliphatic carboxylic acids is 1. The van der Waals surface area contributed by atoms with E-state index in [1.54, 1.807) is 24.1 Å². The van der Waals surface area contributed by atoms with Crippen molar-refractivity contribution >= 4 is 52.4 Å². The number of nitrogens with one attached hydrogen (secondary N) is 1. The van der Waals surface area contributed by atoms with E-state index in [9.17, 15) is 14.7 Å². The van der Waals surface area contributed by atoms with Crippen LogP contribution in [0, 0.1) is 5.92 Å². The van der Waals surface area contributed by atoms with Crippen LogP contribution in [-0.2, 0) is 23.1 Å². The highest BCUT2D eigenvalue weighted by Gasteiger charge is 2.30. The number of aryl methyl sites for hydroxylation is 1. The number of carboxylic acids is 1. The highest BCUT2D eigenvalue weighted by atomic mass is 35.5. The second-order valence-corrected chi connectivity index (χ2v) is 7.49. The largest absolute Gasteiger partial charge is 0.481 e. The van der Waals surface area contributed by atoms with Gasteiger partial charge in [0.2, 0.25) is 11.9 Å². The van der Waals surface area contributed by atoms with Gasteiger partial charge in [-0.3, -0.25) is 19.5 Å². The molecule has 1 aliphatic rings.